The highest BCUT2D eigenvalue weighted by Crippen LogP contribution is 2.28. The Balaban J connectivity index is 0.000000429. The summed E-state index contributed by atoms with van der Waals surface area (Å²) in [5.74, 6) is -0.590. The fourth-order valence-corrected chi connectivity index (χ4v) is 4.54. The lowest BCUT2D eigenvalue weighted by Crippen LogP contribution is -2.42. The summed E-state index contributed by atoms with van der Waals surface area (Å²) < 4.78 is 31.7. The summed E-state index contributed by atoms with van der Waals surface area (Å²) in [6.45, 7) is 0. The van der Waals surface area contributed by atoms with Crippen LogP contribution in [0.2, 0.25) is 0 Å². The number of benzene rings is 1. The number of fused-ring (bicyclic) bond motifs is 1. The molecule has 0 atom stereocenters. The summed E-state index contributed by atoms with van der Waals surface area (Å²) in [6, 6.07) is 8.80. The number of carboxylic acid groups (broad SMARTS) is 1. The van der Waals surface area contributed by atoms with Gasteiger partial charge in [0.2, 0.25) is 11.9 Å². The number of nitrogens with one attached hydrogen (secondary N) is 2. The summed E-state index contributed by atoms with van der Waals surface area (Å²) >= 11 is 0. The molecule has 0 saturated heterocycles. The van der Waals surface area contributed by atoms with Gasteiger partial charge in [-0.15, -0.1) is 0 Å². The zero-order chi connectivity index (χ0) is 25.6. The van der Waals surface area contributed by atoms with Crippen molar-refractivity contribution in [3.63, 3.8) is 0 Å². The Bertz CT molecular complexity index is 1020. The van der Waals surface area contributed by atoms with E-state index in [2.05, 4.69) is 16.7 Å². The highest BCUT2D eigenvalue weighted by molar-refractivity contribution is 5.90. The largest absolute Gasteiger partial charge is 0.490 e. The van der Waals surface area contributed by atoms with Crippen molar-refractivity contribution in [2.75, 3.05) is 24.3 Å². The Hall–Kier alpha value is -3.11. The fourth-order valence-electron chi connectivity index (χ4n) is 4.54. The third-order valence-corrected chi connectivity index (χ3v) is 6.38. The number of aromatic nitrogens is 2. The van der Waals surface area contributed by atoms with Gasteiger partial charge in [-0.1, -0.05) is 25.0 Å². The standard InChI is InChI=1S/C22H31N5O.C2HF3O2/c1-27(2)20-18-9-5-6-10-19(18)25-22(26-20)24-17-13-11-16(12-14-17)23-21(28)15-7-3-4-8-15;3-2(4,5)1(6)7/h5-6,9-10,15-17H,3-4,7-8,11-14H2,1-2H3,(H,23,28)(H,24,25,26);(H,6,7). The molecule has 1 aromatic heterocycles. The SMILES string of the molecule is CN(C)c1nc(NC2CCC(NC(=O)C3CCCC3)CC2)nc2ccccc12.O=C(O)C(F)(F)F. The molecule has 1 heterocycles. The van der Waals surface area contributed by atoms with Crippen molar-refractivity contribution in [2.24, 2.45) is 5.92 Å². The minimum atomic E-state index is -5.08. The molecule has 2 aliphatic carbocycles. The van der Waals surface area contributed by atoms with Crippen molar-refractivity contribution in [2.45, 2.75) is 69.6 Å². The van der Waals surface area contributed by atoms with E-state index in [4.69, 9.17) is 19.9 Å². The van der Waals surface area contributed by atoms with Crippen LogP contribution in [0.5, 0.6) is 0 Å². The maximum absolute atomic E-state index is 12.4. The summed E-state index contributed by atoms with van der Waals surface area (Å²) in [5.41, 5.74) is 0.959. The topological polar surface area (TPSA) is 107 Å². The number of alkyl halides is 3. The van der Waals surface area contributed by atoms with Gasteiger partial charge in [0.1, 0.15) is 5.82 Å². The van der Waals surface area contributed by atoms with Crippen molar-refractivity contribution in [1.82, 2.24) is 15.3 Å². The lowest BCUT2D eigenvalue weighted by Gasteiger charge is -2.30. The minimum Gasteiger partial charge on any atom is -0.475 e. The van der Waals surface area contributed by atoms with Gasteiger partial charge < -0.3 is 20.6 Å². The maximum atomic E-state index is 12.4. The van der Waals surface area contributed by atoms with E-state index < -0.39 is 12.1 Å². The molecule has 0 unspecified atom stereocenters. The summed E-state index contributed by atoms with van der Waals surface area (Å²) in [7, 11) is 4.02. The molecule has 0 spiro atoms. The zero-order valence-electron chi connectivity index (χ0n) is 19.9. The molecule has 11 heteroatoms. The highest BCUT2D eigenvalue weighted by Gasteiger charge is 2.38. The number of hydrogen-bond donors (Lipinski definition) is 3. The van der Waals surface area contributed by atoms with Gasteiger partial charge in [-0.05, 0) is 50.7 Å². The Labute approximate surface area is 202 Å². The summed E-state index contributed by atoms with van der Waals surface area (Å²) in [4.78, 5) is 32.8. The van der Waals surface area contributed by atoms with E-state index in [1.165, 1.54) is 12.8 Å². The second kappa shape index (κ2) is 11.5. The molecule has 35 heavy (non-hydrogen) atoms. The molecule has 0 radical (unpaired) electrons. The molecule has 1 amide bonds. The number of anilines is 2. The number of carbonyl (C=O) groups excluding carboxylic acids is 1. The van der Waals surface area contributed by atoms with Crippen LogP contribution in [0.3, 0.4) is 0 Å². The highest BCUT2D eigenvalue weighted by atomic mass is 19.4. The van der Waals surface area contributed by atoms with Gasteiger partial charge in [0, 0.05) is 37.5 Å². The molecule has 2 saturated carbocycles. The van der Waals surface area contributed by atoms with Crippen LogP contribution >= 0.6 is 0 Å². The van der Waals surface area contributed by atoms with Gasteiger partial charge in [0.05, 0.1) is 5.52 Å². The molecular formula is C24H32F3N5O3. The van der Waals surface area contributed by atoms with E-state index in [1.807, 2.05) is 37.2 Å². The van der Waals surface area contributed by atoms with Gasteiger partial charge in [0.25, 0.3) is 0 Å². The third kappa shape index (κ3) is 7.43. The number of hydrogen-bond acceptors (Lipinski definition) is 6. The van der Waals surface area contributed by atoms with Crippen LogP contribution in [0.1, 0.15) is 51.4 Å². The van der Waals surface area contributed by atoms with E-state index >= 15 is 0 Å². The molecule has 1 aromatic carbocycles. The summed E-state index contributed by atoms with van der Waals surface area (Å²) in [5, 5.41) is 15.0. The van der Waals surface area contributed by atoms with Crippen LogP contribution in [0.25, 0.3) is 10.9 Å². The number of nitrogens with zero attached hydrogens (tertiary/aromatic N) is 3. The van der Waals surface area contributed by atoms with Crippen LogP contribution in [0, 0.1) is 5.92 Å². The molecular weight excluding hydrogens is 463 g/mol. The normalized spacial score (nSPS) is 20.6. The number of rotatable bonds is 5. The Kier molecular flexibility index (Phi) is 8.74. The molecule has 2 aromatic rings. The number of carboxylic acids is 1. The lowest BCUT2D eigenvalue weighted by atomic mass is 9.90. The van der Waals surface area contributed by atoms with Crippen LogP contribution in [0.15, 0.2) is 24.3 Å². The lowest BCUT2D eigenvalue weighted by molar-refractivity contribution is -0.192. The number of amides is 1. The summed E-state index contributed by atoms with van der Waals surface area (Å²) in [6.07, 6.45) is 3.55. The Morgan fingerprint density at radius 1 is 0.971 bits per heavy atom. The van der Waals surface area contributed by atoms with Crippen molar-refractivity contribution >= 4 is 34.5 Å². The average Bonchev–Trinajstić information content (AvgIpc) is 3.35. The second-order valence-corrected chi connectivity index (χ2v) is 9.27. The van der Waals surface area contributed by atoms with E-state index in [0.717, 1.165) is 55.2 Å². The number of aliphatic carboxylic acids is 1. The van der Waals surface area contributed by atoms with E-state index in [0.29, 0.717) is 18.0 Å². The van der Waals surface area contributed by atoms with Crippen LogP contribution < -0.4 is 15.5 Å². The number of para-hydroxylation sites is 1. The van der Waals surface area contributed by atoms with E-state index in [-0.39, 0.29) is 11.8 Å². The molecule has 4 rings (SSSR count). The van der Waals surface area contributed by atoms with Crippen LogP contribution in [-0.4, -0.2) is 59.3 Å². The molecule has 2 aliphatic rings. The first-order valence-corrected chi connectivity index (χ1v) is 11.9. The monoisotopic (exact) mass is 495 g/mol. The van der Waals surface area contributed by atoms with Gasteiger partial charge in [-0.2, -0.15) is 18.2 Å². The molecule has 8 nitrogen and oxygen atoms in total. The predicted octanol–water partition coefficient (Wildman–Crippen LogP) is 4.36. The van der Waals surface area contributed by atoms with Gasteiger partial charge in [-0.3, -0.25) is 4.79 Å². The van der Waals surface area contributed by atoms with Crippen molar-refractivity contribution in [1.29, 1.82) is 0 Å². The quantitative estimate of drug-likeness (QED) is 0.566. The number of halogens is 3. The first kappa shape index (κ1) is 26.5. The third-order valence-electron chi connectivity index (χ3n) is 6.38. The van der Waals surface area contributed by atoms with Gasteiger partial charge >= 0.3 is 12.1 Å². The van der Waals surface area contributed by atoms with Crippen molar-refractivity contribution in [3.8, 4) is 0 Å². The minimum absolute atomic E-state index is 0.256. The molecule has 3 N–H and O–H groups in total. The molecule has 0 aliphatic heterocycles. The van der Waals surface area contributed by atoms with E-state index in [9.17, 15) is 18.0 Å². The van der Waals surface area contributed by atoms with Gasteiger partial charge in [-0.25, -0.2) is 9.78 Å². The smallest absolute Gasteiger partial charge is 0.475 e. The first-order chi connectivity index (χ1) is 16.5. The van der Waals surface area contributed by atoms with Gasteiger partial charge in [0.15, 0.2) is 0 Å². The average molecular weight is 496 g/mol. The predicted molar refractivity (Wildman–Crippen MR) is 127 cm³/mol. The van der Waals surface area contributed by atoms with Crippen molar-refractivity contribution in [3.05, 3.63) is 24.3 Å². The van der Waals surface area contributed by atoms with Crippen LogP contribution in [-0.2, 0) is 9.59 Å². The fraction of sp³-hybridized carbons (Fsp3) is 0.583. The van der Waals surface area contributed by atoms with E-state index in [1.54, 1.807) is 0 Å². The number of carbonyl (C=O) groups is 2. The molecule has 2 fully saturated rings. The molecule has 0 bridgehead atoms. The second-order valence-electron chi connectivity index (χ2n) is 9.27. The Morgan fingerprint density at radius 2 is 1.54 bits per heavy atom. The zero-order valence-corrected chi connectivity index (χ0v) is 19.9. The van der Waals surface area contributed by atoms with Crippen molar-refractivity contribution < 1.29 is 27.9 Å². The maximum Gasteiger partial charge on any atom is 0.490 e. The molecule has 192 valence electrons. The van der Waals surface area contributed by atoms with Crippen LogP contribution in [0.4, 0.5) is 24.9 Å². The first-order valence-electron chi connectivity index (χ1n) is 11.9. The Morgan fingerprint density at radius 3 is 2.11 bits per heavy atom.